The number of halogens is 1. The number of thioether (sulfide) groups is 1. The summed E-state index contributed by atoms with van der Waals surface area (Å²) in [7, 11) is 0. The van der Waals surface area contributed by atoms with Crippen molar-refractivity contribution in [3.8, 4) is 5.69 Å². The van der Waals surface area contributed by atoms with Gasteiger partial charge in [-0.15, -0.1) is 6.58 Å². The van der Waals surface area contributed by atoms with Gasteiger partial charge < -0.3 is 4.57 Å². The summed E-state index contributed by atoms with van der Waals surface area (Å²) in [6.45, 7) is 3.74. The second-order valence-corrected chi connectivity index (χ2v) is 5.85. The summed E-state index contributed by atoms with van der Waals surface area (Å²) >= 11 is 0.904. The van der Waals surface area contributed by atoms with Crippen LogP contribution in [0.1, 0.15) is 5.69 Å². The quantitative estimate of drug-likeness (QED) is 0.632. The van der Waals surface area contributed by atoms with Gasteiger partial charge in [0.2, 0.25) is 0 Å². The van der Waals surface area contributed by atoms with E-state index in [1.165, 1.54) is 18.2 Å². The average molecular weight is 328 g/mol. The maximum absolute atomic E-state index is 13.0. The first-order chi connectivity index (χ1) is 11.1. The van der Waals surface area contributed by atoms with Gasteiger partial charge in [0.1, 0.15) is 5.82 Å². The van der Waals surface area contributed by atoms with Gasteiger partial charge in [-0.05, 0) is 54.2 Å². The Morgan fingerprint density at radius 1 is 1.17 bits per heavy atom. The first kappa shape index (κ1) is 15.3. The van der Waals surface area contributed by atoms with E-state index >= 15 is 0 Å². The monoisotopic (exact) mass is 328 g/mol. The van der Waals surface area contributed by atoms with Crippen molar-refractivity contribution in [2.45, 2.75) is 0 Å². The second kappa shape index (κ2) is 6.26. The molecule has 4 nitrogen and oxygen atoms in total. The minimum Gasteiger partial charge on any atom is -0.317 e. The van der Waals surface area contributed by atoms with Crippen LogP contribution in [0.4, 0.5) is 9.18 Å². The van der Waals surface area contributed by atoms with Crippen LogP contribution in [-0.4, -0.2) is 27.2 Å². The van der Waals surface area contributed by atoms with E-state index in [9.17, 15) is 14.0 Å². The Labute approximate surface area is 136 Å². The standard InChI is InChI=1S/C17H13FN2O2S/c1-2-9-20-16(21)15(23-17(20)22)11-14-4-3-10-19(14)13-7-5-12(18)6-8-13/h2-8,10-11H,1,9H2. The molecular formula is C17H13FN2O2S. The molecule has 2 amide bonds. The molecule has 2 aromatic rings. The van der Waals surface area contributed by atoms with Crippen LogP contribution in [0, 0.1) is 5.82 Å². The zero-order valence-corrected chi connectivity index (χ0v) is 12.9. The SMILES string of the molecule is C=CCN1C(=O)SC(=Cc2cccn2-c2ccc(F)cc2)C1=O. The Hall–Kier alpha value is -2.60. The third-order valence-electron chi connectivity index (χ3n) is 3.35. The number of nitrogens with zero attached hydrogens (tertiary/aromatic N) is 2. The van der Waals surface area contributed by atoms with Crippen molar-refractivity contribution in [1.29, 1.82) is 0 Å². The number of benzene rings is 1. The molecule has 1 aliphatic rings. The molecule has 1 aliphatic heterocycles. The molecule has 6 heteroatoms. The maximum Gasteiger partial charge on any atom is 0.293 e. The molecule has 0 spiro atoms. The van der Waals surface area contributed by atoms with Gasteiger partial charge in [-0.3, -0.25) is 14.5 Å². The fraction of sp³-hybridized carbons (Fsp3) is 0.0588. The number of hydrogen-bond acceptors (Lipinski definition) is 3. The first-order valence-electron chi connectivity index (χ1n) is 6.89. The molecule has 1 fully saturated rings. The lowest BCUT2D eigenvalue weighted by Crippen LogP contribution is -2.27. The highest BCUT2D eigenvalue weighted by molar-refractivity contribution is 8.18. The smallest absolute Gasteiger partial charge is 0.293 e. The van der Waals surface area contributed by atoms with Gasteiger partial charge in [-0.1, -0.05) is 6.08 Å². The van der Waals surface area contributed by atoms with Crippen molar-refractivity contribution >= 4 is 29.0 Å². The number of imide groups is 1. The molecule has 3 rings (SSSR count). The first-order valence-corrected chi connectivity index (χ1v) is 7.71. The lowest BCUT2D eigenvalue weighted by molar-refractivity contribution is -0.122. The maximum atomic E-state index is 13.0. The highest BCUT2D eigenvalue weighted by atomic mass is 32.2. The third kappa shape index (κ3) is 2.98. The van der Waals surface area contributed by atoms with E-state index in [2.05, 4.69) is 6.58 Å². The Balaban J connectivity index is 1.94. The molecule has 0 atom stereocenters. The number of rotatable bonds is 4. The summed E-state index contributed by atoms with van der Waals surface area (Å²) in [5.74, 6) is -0.639. The molecular weight excluding hydrogens is 315 g/mol. The molecule has 116 valence electrons. The van der Waals surface area contributed by atoms with E-state index in [1.807, 2.05) is 22.9 Å². The van der Waals surface area contributed by atoms with Crippen molar-refractivity contribution in [3.63, 3.8) is 0 Å². The Morgan fingerprint density at radius 2 is 1.91 bits per heavy atom. The zero-order chi connectivity index (χ0) is 16.4. The van der Waals surface area contributed by atoms with Gasteiger partial charge in [0, 0.05) is 24.1 Å². The van der Waals surface area contributed by atoms with E-state index in [0.717, 1.165) is 28.0 Å². The van der Waals surface area contributed by atoms with Crippen LogP contribution in [0.5, 0.6) is 0 Å². The van der Waals surface area contributed by atoms with Crippen molar-refractivity contribution < 1.29 is 14.0 Å². The molecule has 23 heavy (non-hydrogen) atoms. The molecule has 0 saturated carbocycles. The van der Waals surface area contributed by atoms with E-state index in [-0.39, 0.29) is 23.5 Å². The lowest BCUT2D eigenvalue weighted by atomic mass is 10.3. The number of aromatic nitrogens is 1. The minimum absolute atomic E-state index is 0.195. The van der Waals surface area contributed by atoms with Crippen LogP contribution in [-0.2, 0) is 4.79 Å². The van der Waals surface area contributed by atoms with E-state index < -0.39 is 0 Å². The predicted molar refractivity (Wildman–Crippen MR) is 88.6 cm³/mol. The topological polar surface area (TPSA) is 42.3 Å². The summed E-state index contributed by atoms with van der Waals surface area (Å²) < 4.78 is 14.9. The number of carbonyl (C=O) groups is 2. The number of carbonyl (C=O) groups excluding carboxylic acids is 2. The summed E-state index contributed by atoms with van der Waals surface area (Å²) in [5, 5.41) is -0.305. The number of hydrogen-bond donors (Lipinski definition) is 0. The van der Waals surface area contributed by atoms with E-state index in [1.54, 1.807) is 18.2 Å². The fourth-order valence-corrected chi connectivity index (χ4v) is 3.10. The Bertz CT molecular complexity index is 808. The molecule has 2 heterocycles. The molecule has 0 radical (unpaired) electrons. The van der Waals surface area contributed by atoms with Crippen LogP contribution in [0.3, 0.4) is 0 Å². The van der Waals surface area contributed by atoms with Crippen LogP contribution in [0.25, 0.3) is 11.8 Å². The van der Waals surface area contributed by atoms with Crippen molar-refractivity contribution in [2.75, 3.05) is 6.54 Å². The van der Waals surface area contributed by atoms with Gasteiger partial charge in [0.25, 0.3) is 11.1 Å². The van der Waals surface area contributed by atoms with Crippen molar-refractivity contribution in [1.82, 2.24) is 9.47 Å². The molecule has 1 aromatic heterocycles. The second-order valence-electron chi connectivity index (χ2n) is 4.86. The largest absolute Gasteiger partial charge is 0.317 e. The van der Waals surface area contributed by atoms with Crippen LogP contribution < -0.4 is 0 Å². The van der Waals surface area contributed by atoms with Gasteiger partial charge >= 0.3 is 0 Å². The van der Waals surface area contributed by atoms with E-state index in [4.69, 9.17) is 0 Å². The molecule has 0 aliphatic carbocycles. The van der Waals surface area contributed by atoms with Crippen molar-refractivity contribution in [2.24, 2.45) is 0 Å². The third-order valence-corrected chi connectivity index (χ3v) is 4.26. The minimum atomic E-state index is -0.327. The normalized spacial score (nSPS) is 16.4. The lowest BCUT2D eigenvalue weighted by Gasteiger charge is -2.08. The summed E-state index contributed by atoms with van der Waals surface area (Å²) in [5.41, 5.74) is 1.51. The van der Waals surface area contributed by atoms with E-state index in [0.29, 0.717) is 4.91 Å². The highest BCUT2D eigenvalue weighted by Crippen LogP contribution is 2.32. The highest BCUT2D eigenvalue weighted by Gasteiger charge is 2.34. The molecule has 0 bridgehead atoms. The average Bonchev–Trinajstić information content (AvgIpc) is 3.09. The van der Waals surface area contributed by atoms with Gasteiger partial charge in [-0.2, -0.15) is 0 Å². The predicted octanol–water partition coefficient (Wildman–Crippen LogP) is 3.84. The zero-order valence-electron chi connectivity index (χ0n) is 12.1. The molecule has 0 unspecified atom stereocenters. The van der Waals surface area contributed by atoms with Gasteiger partial charge in [-0.25, -0.2) is 4.39 Å². The Morgan fingerprint density at radius 3 is 2.61 bits per heavy atom. The molecule has 1 aromatic carbocycles. The van der Waals surface area contributed by atoms with Crippen LogP contribution >= 0.6 is 11.8 Å². The Kier molecular flexibility index (Phi) is 4.16. The van der Waals surface area contributed by atoms with Crippen molar-refractivity contribution in [3.05, 3.63) is 71.7 Å². The van der Waals surface area contributed by atoms with Gasteiger partial charge in [0.15, 0.2) is 0 Å². The summed E-state index contributed by atoms with van der Waals surface area (Å²) in [6.07, 6.45) is 4.99. The summed E-state index contributed by atoms with van der Waals surface area (Å²) in [4.78, 5) is 25.6. The molecule has 1 saturated heterocycles. The van der Waals surface area contributed by atoms with Gasteiger partial charge in [0.05, 0.1) is 4.91 Å². The van der Waals surface area contributed by atoms with Crippen LogP contribution in [0.2, 0.25) is 0 Å². The number of amides is 2. The van der Waals surface area contributed by atoms with Crippen LogP contribution in [0.15, 0.2) is 60.2 Å². The summed E-state index contributed by atoms with van der Waals surface area (Å²) in [6, 6.07) is 9.69. The molecule has 0 N–H and O–H groups in total. The fourth-order valence-electron chi connectivity index (χ4n) is 2.27.